The molecule has 110 valence electrons. The van der Waals surface area contributed by atoms with E-state index < -0.39 is 12.3 Å². The van der Waals surface area contributed by atoms with Crippen molar-refractivity contribution in [1.82, 2.24) is 0 Å². The summed E-state index contributed by atoms with van der Waals surface area (Å²) in [4.78, 5) is 21.9. The molecule has 6 heteroatoms. The second-order valence-corrected chi connectivity index (χ2v) is 3.51. The fourth-order valence-electron chi connectivity index (χ4n) is 0.985. The minimum atomic E-state index is -0.755. The number of terminal acetylenes is 2. The van der Waals surface area contributed by atoms with Crippen LogP contribution < -0.4 is 0 Å². The van der Waals surface area contributed by atoms with Gasteiger partial charge in [0.15, 0.2) is 0 Å². The van der Waals surface area contributed by atoms with Gasteiger partial charge in [-0.2, -0.15) is 0 Å². The molecule has 6 nitrogen and oxygen atoms in total. The van der Waals surface area contributed by atoms with Gasteiger partial charge >= 0.3 is 12.3 Å². The fraction of sp³-hybridized carbons (Fsp3) is 0.571. The van der Waals surface area contributed by atoms with Crippen molar-refractivity contribution in [3.05, 3.63) is 0 Å². The van der Waals surface area contributed by atoms with E-state index in [1.165, 1.54) is 0 Å². The molecule has 0 aromatic heterocycles. The van der Waals surface area contributed by atoms with Crippen molar-refractivity contribution < 1.29 is 28.5 Å². The Hall–Kier alpha value is -2.34. The zero-order valence-corrected chi connectivity index (χ0v) is 11.3. The van der Waals surface area contributed by atoms with Crippen LogP contribution >= 0.6 is 0 Å². The number of hydrogen-bond donors (Lipinski definition) is 0. The highest BCUT2D eigenvalue weighted by Gasteiger charge is 2.04. The fourth-order valence-corrected chi connectivity index (χ4v) is 0.985. The van der Waals surface area contributed by atoms with E-state index in [1.54, 1.807) is 0 Å². The Morgan fingerprint density at radius 1 is 0.700 bits per heavy atom. The van der Waals surface area contributed by atoms with Gasteiger partial charge < -0.3 is 18.9 Å². The molecule has 0 aliphatic rings. The summed E-state index contributed by atoms with van der Waals surface area (Å²) in [5, 5.41) is 0. The second-order valence-electron chi connectivity index (χ2n) is 3.51. The minimum absolute atomic E-state index is 0.141. The summed E-state index contributed by atoms with van der Waals surface area (Å²) in [7, 11) is 0. The van der Waals surface area contributed by atoms with Gasteiger partial charge in [-0.15, -0.1) is 24.7 Å². The highest BCUT2D eigenvalue weighted by molar-refractivity contribution is 5.60. The molecule has 0 saturated heterocycles. The summed E-state index contributed by atoms with van der Waals surface area (Å²) in [5.41, 5.74) is 0. The van der Waals surface area contributed by atoms with Crippen molar-refractivity contribution in [2.24, 2.45) is 0 Å². The molecule has 0 aromatic rings. The van der Waals surface area contributed by atoms with Crippen molar-refractivity contribution in [1.29, 1.82) is 0 Å². The Kier molecular flexibility index (Phi) is 11.6. The predicted octanol–water partition coefficient (Wildman–Crippen LogP) is 2.12. The molecular formula is C14H18O6. The lowest BCUT2D eigenvalue weighted by atomic mass is 10.3. The molecule has 0 heterocycles. The zero-order valence-electron chi connectivity index (χ0n) is 11.3. The molecular weight excluding hydrogens is 264 g/mol. The van der Waals surface area contributed by atoms with Crippen LogP contribution in [0.1, 0.15) is 25.7 Å². The summed E-state index contributed by atoms with van der Waals surface area (Å²) < 4.78 is 18.8. The molecule has 20 heavy (non-hydrogen) atoms. The zero-order chi connectivity index (χ0) is 15.1. The average Bonchev–Trinajstić information content (AvgIpc) is 2.43. The SMILES string of the molecule is C#CCCOC(=O)OCCCCOC(=O)OCCC#C. The van der Waals surface area contributed by atoms with E-state index in [4.69, 9.17) is 22.3 Å². The number of carbonyl (C=O) groups excluding carboxylic acids is 2. The van der Waals surface area contributed by atoms with Crippen LogP contribution in [-0.2, 0) is 18.9 Å². The largest absolute Gasteiger partial charge is 0.508 e. The number of unbranched alkanes of at least 4 members (excludes halogenated alkanes) is 1. The molecule has 0 atom stereocenters. The molecule has 0 radical (unpaired) electrons. The van der Waals surface area contributed by atoms with Crippen LogP contribution in [-0.4, -0.2) is 38.7 Å². The molecule has 0 fully saturated rings. The van der Waals surface area contributed by atoms with Crippen LogP contribution in [0, 0.1) is 24.7 Å². The van der Waals surface area contributed by atoms with Crippen molar-refractivity contribution in [2.75, 3.05) is 26.4 Å². The van der Waals surface area contributed by atoms with Gasteiger partial charge in [-0.25, -0.2) is 9.59 Å². The summed E-state index contributed by atoms with van der Waals surface area (Å²) in [6, 6.07) is 0. The predicted molar refractivity (Wildman–Crippen MR) is 70.7 cm³/mol. The Morgan fingerprint density at radius 2 is 1.05 bits per heavy atom. The first-order valence-electron chi connectivity index (χ1n) is 6.16. The lowest BCUT2D eigenvalue weighted by Crippen LogP contribution is -2.11. The van der Waals surface area contributed by atoms with E-state index in [9.17, 15) is 9.59 Å². The highest BCUT2D eigenvalue weighted by Crippen LogP contribution is 1.96. The highest BCUT2D eigenvalue weighted by atomic mass is 16.7. The van der Waals surface area contributed by atoms with E-state index in [1.807, 2.05) is 0 Å². The average molecular weight is 282 g/mol. The van der Waals surface area contributed by atoms with Gasteiger partial charge in [-0.1, -0.05) is 0 Å². The Morgan fingerprint density at radius 3 is 1.40 bits per heavy atom. The van der Waals surface area contributed by atoms with Crippen LogP contribution in [0.5, 0.6) is 0 Å². The summed E-state index contributed by atoms with van der Waals surface area (Å²) in [6.45, 7) is 0.651. The third-order valence-electron chi connectivity index (χ3n) is 1.91. The lowest BCUT2D eigenvalue weighted by molar-refractivity contribution is 0.0452. The van der Waals surface area contributed by atoms with Crippen molar-refractivity contribution >= 4 is 12.3 Å². The van der Waals surface area contributed by atoms with Crippen LogP contribution in [0.15, 0.2) is 0 Å². The van der Waals surface area contributed by atoms with Crippen molar-refractivity contribution in [2.45, 2.75) is 25.7 Å². The number of ether oxygens (including phenoxy) is 4. The van der Waals surface area contributed by atoms with Gasteiger partial charge in [0.25, 0.3) is 0 Å². The quantitative estimate of drug-likeness (QED) is 0.366. The second kappa shape index (κ2) is 13.1. The van der Waals surface area contributed by atoms with E-state index in [0.29, 0.717) is 25.7 Å². The van der Waals surface area contributed by atoms with Gasteiger partial charge in [-0.3, -0.25) is 0 Å². The smallest absolute Gasteiger partial charge is 0.434 e. The summed E-state index contributed by atoms with van der Waals surface area (Å²) in [5.74, 6) is 4.66. The molecule has 0 unspecified atom stereocenters. The van der Waals surface area contributed by atoms with Gasteiger partial charge in [0.1, 0.15) is 13.2 Å². The molecule has 0 aliphatic carbocycles. The lowest BCUT2D eigenvalue weighted by Gasteiger charge is -2.06. The molecule has 0 amide bonds. The third-order valence-corrected chi connectivity index (χ3v) is 1.91. The normalized spacial score (nSPS) is 8.90. The number of hydrogen-bond acceptors (Lipinski definition) is 6. The van der Waals surface area contributed by atoms with Crippen molar-refractivity contribution in [3.63, 3.8) is 0 Å². The topological polar surface area (TPSA) is 71.1 Å². The first-order valence-corrected chi connectivity index (χ1v) is 6.16. The number of carbonyl (C=O) groups is 2. The first kappa shape index (κ1) is 17.7. The van der Waals surface area contributed by atoms with Crippen LogP contribution in [0.2, 0.25) is 0 Å². The molecule has 0 spiro atoms. The molecule has 0 saturated carbocycles. The monoisotopic (exact) mass is 282 g/mol. The van der Waals surface area contributed by atoms with Gasteiger partial charge in [-0.05, 0) is 12.8 Å². The van der Waals surface area contributed by atoms with E-state index in [-0.39, 0.29) is 26.4 Å². The maximum Gasteiger partial charge on any atom is 0.508 e. The standard InChI is InChI=1S/C14H18O6/c1-3-5-9-17-13(15)19-11-7-8-12-20-14(16)18-10-6-4-2/h1-2H,5-12H2. The van der Waals surface area contributed by atoms with Crippen LogP contribution in [0.25, 0.3) is 0 Å². The molecule has 0 aromatic carbocycles. The maximum absolute atomic E-state index is 11.0. The van der Waals surface area contributed by atoms with E-state index >= 15 is 0 Å². The molecule has 0 aliphatic heterocycles. The third kappa shape index (κ3) is 12.1. The number of rotatable bonds is 9. The van der Waals surface area contributed by atoms with Crippen LogP contribution in [0.4, 0.5) is 9.59 Å². The summed E-state index contributed by atoms with van der Waals surface area (Å²) >= 11 is 0. The molecule has 0 bridgehead atoms. The van der Waals surface area contributed by atoms with Gasteiger partial charge in [0.05, 0.1) is 13.2 Å². The van der Waals surface area contributed by atoms with Gasteiger partial charge in [0.2, 0.25) is 0 Å². The maximum atomic E-state index is 11.0. The minimum Gasteiger partial charge on any atom is -0.434 e. The van der Waals surface area contributed by atoms with Gasteiger partial charge in [0, 0.05) is 12.8 Å². The van der Waals surface area contributed by atoms with Crippen LogP contribution in [0.3, 0.4) is 0 Å². The Labute approximate surface area is 118 Å². The Balaban J connectivity index is 3.32. The van der Waals surface area contributed by atoms with E-state index in [0.717, 1.165) is 0 Å². The van der Waals surface area contributed by atoms with Crippen molar-refractivity contribution in [3.8, 4) is 24.7 Å². The first-order chi connectivity index (χ1) is 9.70. The summed E-state index contributed by atoms with van der Waals surface area (Å²) in [6.07, 6.45) is 10.3. The Bertz CT molecular complexity index is 327. The molecule has 0 rings (SSSR count). The molecule has 0 N–H and O–H groups in total. The van der Waals surface area contributed by atoms with E-state index in [2.05, 4.69) is 21.3 Å².